The highest BCUT2D eigenvalue weighted by atomic mass is 16.5. The largest absolute Gasteiger partial charge is 0.481 e. The average molecular weight is 325 g/mol. The number of nitrogens with two attached hydrogens (primary N) is 1. The lowest BCUT2D eigenvalue weighted by molar-refractivity contribution is -0.119. The number of rotatable bonds is 1. The Morgan fingerprint density at radius 1 is 1.25 bits per heavy atom. The number of benzene rings is 1. The lowest BCUT2D eigenvalue weighted by Crippen LogP contribution is -2.22. The number of hydrogen-bond donors (Lipinski definition) is 2. The van der Waals surface area contributed by atoms with Gasteiger partial charge in [-0.15, -0.1) is 0 Å². The second kappa shape index (κ2) is 7.01. The summed E-state index contributed by atoms with van der Waals surface area (Å²) in [6.45, 7) is 1.95. The highest BCUT2D eigenvalue weighted by Gasteiger charge is 2.19. The minimum Gasteiger partial charge on any atom is -0.481 e. The molecule has 0 aliphatic carbocycles. The molecule has 1 aliphatic rings. The molecule has 24 heavy (non-hydrogen) atoms. The quantitative estimate of drug-likeness (QED) is 0.841. The zero-order chi connectivity index (χ0) is 17.1. The van der Waals surface area contributed by atoms with Crippen molar-refractivity contribution < 1.29 is 9.53 Å². The Bertz CT molecular complexity index is 745. The average Bonchev–Trinajstić information content (AvgIpc) is 2.60. The Morgan fingerprint density at radius 2 is 2.04 bits per heavy atom. The number of para-hydroxylation sites is 1. The van der Waals surface area contributed by atoms with E-state index in [0.717, 1.165) is 41.8 Å². The summed E-state index contributed by atoms with van der Waals surface area (Å²) in [5.74, 6) is 0.521. The third-order valence-electron chi connectivity index (χ3n) is 4.51. The minimum atomic E-state index is -0.166. The van der Waals surface area contributed by atoms with Gasteiger partial charge in [-0.3, -0.25) is 4.79 Å². The zero-order valence-corrected chi connectivity index (χ0v) is 14.1. The molecule has 1 aromatic carbocycles. The van der Waals surface area contributed by atoms with Crippen molar-refractivity contribution in [2.75, 3.05) is 12.4 Å². The standard InChI is InChI=1S/C19H23N3O2/c1-12-6-5-8-15(20)17-10-13(11-18(21-17)24-2)14-7-3-4-9-16(14)22-19(12)23/h3-4,7,9-12,15H,5-6,8,20H2,1-2H3,(H,22,23)/t12-,15+/m1/s1. The molecule has 2 heterocycles. The van der Waals surface area contributed by atoms with Gasteiger partial charge >= 0.3 is 0 Å². The molecule has 2 atom stereocenters. The van der Waals surface area contributed by atoms with E-state index in [-0.39, 0.29) is 17.9 Å². The molecule has 126 valence electrons. The number of carbonyl (C=O) groups excluding carboxylic acids is 1. The highest BCUT2D eigenvalue weighted by Crippen LogP contribution is 2.33. The summed E-state index contributed by atoms with van der Waals surface area (Å²) in [6, 6.07) is 11.5. The van der Waals surface area contributed by atoms with Crippen LogP contribution in [0.15, 0.2) is 36.4 Å². The fraction of sp³-hybridized carbons (Fsp3) is 0.368. The SMILES string of the molecule is COc1cc2cc(n1)[C@@H](N)CCC[C@@H](C)C(=O)Nc1ccccc1-2. The molecule has 5 nitrogen and oxygen atoms in total. The van der Waals surface area contributed by atoms with E-state index in [4.69, 9.17) is 10.5 Å². The van der Waals surface area contributed by atoms with Crippen LogP contribution in [0.4, 0.5) is 5.69 Å². The summed E-state index contributed by atoms with van der Waals surface area (Å²) in [7, 11) is 1.60. The van der Waals surface area contributed by atoms with E-state index in [1.807, 2.05) is 43.3 Å². The Kier molecular flexibility index (Phi) is 4.81. The minimum absolute atomic E-state index is 0.0397. The van der Waals surface area contributed by atoms with Gasteiger partial charge < -0.3 is 15.8 Å². The molecule has 0 spiro atoms. The van der Waals surface area contributed by atoms with Crippen LogP contribution in [-0.2, 0) is 4.79 Å². The maximum atomic E-state index is 12.4. The lowest BCUT2D eigenvalue weighted by atomic mass is 9.96. The fourth-order valence-electron chi connectivity index (χ4n) is 3.00. The van der Waals surface area contributed by atoms with Crippen LogP contribution in [-0.4, -0.2) is 18.0 Å². The second-order valence-corrected chi connectivity index (χ2v) is 6.30. The van der Waals surface area contributed by atoms with Crippen LogP contribution in [0.5, 0.6) is 5.88 Å². The molecule has 0 saturated heterocycles. The number of nitrogens with one attached hydrogen (secondary N) is 1. The van der Waals surface area contributed by atoms with Crippen molar-refractivity contribution in [3.05, 3.63) is 42.1 Å². The van der Waals surface area contributed by atoms with Crippen LogP contribution in [0.3, 0.4) is 0 Å². The summed E-state index contributed by atoms with van der Waals surface area (Å²) in [5.41, 5.74) is 9.82. The number of fused-ring (bicyclic) bond motifs is 4. The van der Waals surface area contributed by atoms with Gasteiger partial charge in [0.05, 0.1) is 12.8 Å². The Hall–Kier alpha value is -2.40. The van der Waals surface area contributed by atoms with Crippen LogP contribution in [0.1, 0.15) is 37.9 Å². The molecular weight excluding hydrogens is 302 g/mol. The molecule has 3 rings (SSSR count). The normalized spacial score (nSPS) is 21.0. The monoisotopic (exact) mass is 325 g/mol. The molecule has 1 amide bonds. The number of anilines is 1. The third-order valence-corrected chi connectivity index (χ3v) is 4.51. The van der Waals surface area contributed by atoms with E-state index >= 15 is 0 Å². The van der Waals surface area contributed by atoms with Gasteiger partial charge in [-0.1, -0.05) is 31.5 Å². The van der Waals surface area contributed by atoms with Crippen molar-refractivity contribution in [1.29, 1.82) is 0 Å². The summed E-state index contributed by atoms with van der Waals surface area (Å²) >= 11 is 0. The number of aromatic nitrogens is 1. The lowest BCUT2D eigenvalue weighted by Gasteiger charge is -2.19. The number of pyridine rings is 1. The van der Waals surface area contributed by atoms with E-state index in [1.54, 1.807) is 7.11 Å². The van der Waals surface area contributed by atoms with Crippen LogP contribution >= 0.6 is 0 Å². The van der Waals surface area contributed by atoms with Gasteiger partial charge in [-0.25, -0.2) is 4.98 Å². The first kappa shape index (κ1) is 16.5. The summed E-state index contributed by atoms with van der Waals surface area (Å²) < 4.78 is 5.34. The maximum Gasteiger partial charge on any atom is 0.227 e. The molecule has 1 aromatic heterocycles. The van der Waals surface area contributed by atoms with Gasteiger partial charge in [-0.05, 0) is 30.5 Å². The third kappa shape index (κ3) is 3.41. The first-order chi connectivity index (χ1) is 11.6. The smallest absolute Gasteiger partial charge is 0.227 e. The predicted molar refractivity (Wildman–Crippen MR) is 94.8 cm³/mol. The van der Waals surface area contributed by atoms with Crippen molar-refractivity contribution in [2.24, 2.45) is 11.7 Å². The number of amides is 1. The molecular formula is C19H23N3O2. The van der Waals surface area contributed by atoms with Crippen molar-refractivity contribution in [1.82, 2.24) is 4.98 Å². The van der Waals surface area contributed by atoms with Crippen LogP contribution < -0.4 is 15.8 Å². The maximum absolute atomic E-state index is 12.4. The van der Waals surface area contributed by atoms with Gasteiger partial charge in [0.1, 0.15) is 0 Å². The first-order valence-corrected chi connectivity index (χ1v) is 8.30. The summed E-state index contributed by atoms with van der Waals surface area (Å²) in [4.78, 5) is 16.9. The van der Waals surface area contributed by atoms with Gasteiger partial charge in [0.25, 0.3) is 0 Å². The topological polar surface area (TPSA) is 77.2 Å². The van der Waals surface area contributed by atoms with Crippen molar-refractivity contribution >= 4 is 11.6 Å². The summed E-state index contributed by atoms with van der Waals surface area (Å²) in [5, 5.41) is 3.05. The Balaban J connectivity index is 2.15. The van der Waals surface area contributed by atoms with Gasteiger partial charge in [0, 0.05) is 29.3 Å². The highest BCUT2D eigenvalue weighted by molar-refractivity contribution is 5.96. The van der Waals surface area contributed by atoms with E-state index in [9.17, 15) is 4.79 Å². The van der Waals surface area contributed by atoms with Gasteiger partial charge in [-0.2, -0.15) is 0 Å². The van der Waals surface area contributed by atoms with E-state index in [1.165, 1.54) is 0 Å². The molecule has 2 bridgehead atoms. The summed E-state index contributed by atoms with van der Waals surface area (Å²) in [6.07, 6.45) is 2.48. The Morgan fingerprint density at radius 3 is 2.83 bits per heavy atom. The molecule has 1 aliphatic heterocycles. The number of methoxy groups -OCH3 is 1. The number of hydrogen-bond acceptors (Lipinski definition) is 4. The van der Waals surface area contributed by atoms with Gasteiger partial charge in [0.2, 0.25) is 11.8 Å². The molecule has 2 aromatic rings. The van der Waals surface area contributed by atoms with E-state index in [0.29, 0.717) is 5.88 Å². The van der Waals surface area contributed by atoms with Crippen LogP contribution in [0, 0.1) is 5.92 Å². The fourth-order valence-corrected chi connectivity index (χ4v) is 3.00. The van der Waals surface area contributed by atoms with E-state index < -0.39 is 0 Å². The molecule has 0 radical (unpaired) electrons. The number of ether oxygens (including phenoxy) is 1. The van der Waals surface area contributed by atoms with Gasteiger partial charge in [0.15, 0.2) is 0 Å². The predicted octanol–water partition coefficient (Wildman–Crippen LogP) is 3.52. The molecule has 0 fully saturated rings. The van der Waals surface area contributed by atoms with Crippen molar-refractivity contribution in [2.45, 2.75) is 32.2 Å². The molecule has 0 saturated carbocycles. The van der Waals surface area contributed by atoms with Crippen molar-refractivity contribution in [3.63, 3.8) is 0 Å². The molecule has 3 N–H and O–H groups in total. The van der Waals surface area contributed by atoms with E-state index in [2.05, 4.69) is 10.3 Å². The first-order valence-electron chi connectivity index (χ1n) is 8.30. The zero-order valence-electron chi connectivity index (χ0n) is 14.1. The molecule has 0 unspecified atom stereocenters. The molecule has 5 heteroatoms. The van der Waals surface area contributed by atoms with Crippen LogP contribution in [0.2, 0.25) is 0 Å². The Labute approximate surface area is 142 Å². The second-order valence-electron chi connectivity index (χ2n) is 6.30. The number of nitrogens with zero attached hydrogens (tertiary/aromatic N) is 1. The van der Waals surface area contributed by atoms with Crippen molar-refractivity contribution in [3.8, 4) is 17.0 Å². The van der Waals surface area contributed by atoms with Crippen LogP contribution in [0.25, 0.3) is 11.1 Å². The number of carbonyl (C=O) groups is 1.